The smallest absolute Gasteiger partial charge is 0.239 e. The Hall–Kier alpha value is -1.95. The second kappa shape index (κ2) is 9.90. The van der Waals surface area contributed by atoms with Crippen LogP contribution in [0.5, 0.6) is 0 Å². The van der Waals surface area contributed by atoms with Crippen LogP contribution < -0.4 is 5.84 Å². The second-order valence-corrected chi connectivity index (χ2v) is 11.1. The number of carbonyl (C=O) groups excluding carboxylic acids is 1. The number of rotatable bonds is 6. The molecule has 7 nitrogen and oxygen atoms in total. The molecular formula is C23H26IN3O4S. The van der Waals surface area contributed by atoms with Gasteiger partial charge in [-0.1, -0.05) is 71.1 Å². The summed E-state index contributed by atoms with van der Waals surface area (Å²) in [6.07, 6.45) is 0.701. The number of ether oxygens (including phenoxy) is 1. The first-order valence-electron chi connectivity index (χ1n) is 10.5. The van der Waals surface area contributed by atoms with Crippen molar-refractivity contribution in [2.45, 2.75) is 15.2 Å². The van der Waals surface area contributed by atoms with Crippen molar-refractivity contribution in [3.63, 3.8) is 0 Å². The number of benzene rings is 2. The molecule has 0 aromatic heterocycles. The Labute approximate surface area is 202 Å². The largest absolute Gasteiger partial charge is 0.378 e. The third kappa shape index (κ3) is 4.85. The van der Waals surface area contributed by atoms with E-state index >= 15 is 0 Å². The number of morpholine rings is 1. The van der Waals surface area contributed by atoms with Crippen LogP contribution in [0.4, 0.5) is 0 Å². The number of amides is 1. The molecule has 1 fully saturated rings. The molecule has 9 heteroatoms. The van der Waals surface area contributed by atoms with Crippen LogP contribution in [-0.2, 0) is 25.8 Å². The number of hydrazine groups is 1. The molecule has 2 N–H and O–H groups in total. The normalized spacial score (nSPS) is 18.8. The summed E-state index contributed by atoms with van der Waals surface area (Å²) in [5.74, 6) is 6.21. The molecule has 2 aliphatic heterocycles. The monoisotopic (exact) mass is 567 g/mol. The number of sulfone groups is 1. The van der Waals surface area contributed by atoms with Gasteiger partial charge in [-0.25, -0.2) is 14.3 Å². The van der Waals surface area contributed by atoms with E-state index in [2.05, 4.69) is 22.6 Å². The van der Waals surface area contributed by atoms with Crippen LogP contribution in [0.25, 0.3) is 5.70 Å². The van der Waals surface area contributed by atoms with Crippen molar-refractivity contribution in [1.29, 1.82) is 0 Å². The van der Waals surface area contributed by atoms with Gasteiger partial charge in [-0.3, -0.25) is 4.79 Å². The molecule has 1 saturated heterocycles. The summed E-state index contributed by atoms with van der Waals surface area (Å²) in [7, 11) is -3.57. The predicted octanol–water partition coefficient (Wildman–Crippen LogP) is 2.27. The standard InChI is InChI=1S/C23H26IN3O4S/c24-21(23(28)26-12-14-31-15-13-26)19-16-32(29,30)20-9-5-4-8-18(20)22(19)27(25)11-10-17-6-2-1-3-7-17/h1-9,21H,10-16,25H2. The number of nitrogens with zero attached hydrogens (tertiary/aromatic N) is 2. The van der Waals surface area contributed by atoms with Crippen molar-refractivity contribution >= 4 is 44.0 Å². The zero-order valence-electron chi connectivity index (χ0n) is 17.6. The minimum atomic E-state index is -3.57. The summed E-state index contributed by atoms with van der Waals surface area (Å²) in [6.45, 7) is 2.48. The highest BCUT2D eigenvalue weighted by Gasteiger charge is 2.38. The van der Waals surface area contributed by atoms with Gasteiger partial charge in [0.1, 0.15) is 3.92 Å². The molecule has 1 unspecified atom stereocenters. The third-order valence-electron chi connectivity index (χ3n) is 5.74. The Morgan fingerprint density at radius 1 is 1.09 bits per heavy atom. The molecule has 2 heterocycles. The average molecular weight is 567 g/mol. The number of hydrogen-bond acceptors (Lipinski definition) is 6. The van der Waals surface area contributed by atoms with Crippen LogP contribution in [0.1, 0.15) is 11.1 Å². The van der Waals surface area contributed by atoms with Gasteiger partial charge >= 0.3 is 0 Å². The van der Waals surface area contributed by atoms with E-state index in [0.717, 1.165) is 5.56 Å². The molecule has 1 amide bonds. The topological polar surface area (TPSA) is 92.9 Å². The molecule has 170 valence electrons. The summed E-state index contributed by atoms with van der Waals surface area (Å²) in [6, 6.07) is 16.9. The number of fused-ring (bicyclic) bond motifs is 1. The van der Waals surface area contributed by atoms with E-state index in [1.807, 2.05) is 30.3 Å². The van der Waals surface area contributed by atoms with E-state index < -0.39 is 13.8 Å². The number of carbonyl (C=O) groups is 1. The number of halogens is 1. The molecular weight excluding hydrogens is 541 g/mol. The van der Waals surface area contributed by atoms with Crippen LogP contribution in [0.3, 0.4) is 0 Å². The first-order chi connectivity index (χ1) is 15.4. The summed E-state index contributed by atoms with van der Waals surface area (Å²) < 4.78 is 30.9. The zero-order valence-corrected chi connectivity index (χ0v) is 20.6. The third-order valence-corrected chi connectivity index (χ3v) is 8.75. The first kappa shape index (κ1) is 23.2. The lowest BCUT2D eigenvalue weighted by Gasteiger charge is -2.34. The van der Waals surface area contributed by atoms with Gasteiger partial charge in [-0.05, 0) is 23.6 Å². The number of hydrogen-bond donors (Lipinski definition) is 1. The lowest BCUT2D eigenvalue weighted by Crippen LogP contribution is -2.46. The highest BCUT2D eigenvalue weighted by Crippen LogP contribution is 2.38. The van der Waals surface area contributed by atoms with Crippen LogP contribution >= 0.6 is 22.6 Å². The summed E-state index contributed by atoms with van der Waals surface area (Å²) in [5.41, 5.74) is 2.86. The molecule has 0 radical (unpaired) electrons. The van der Waals surface area contributed by atoms with Crippen molar-refractivity contribution in [3.05, 3.63) is 71.3 Å². The fourth-order valence-electron chi connectivity index (χ4n) is 4.09. The maximum absolute atomic E-state index is 13.2. The van der Waals surface area contributed by atoms with Crippen molar-refractivity contribution in [1.82, 2.24) is 9.91 Å². The molecule has 0 spiro atoms. The van der Waals surface area contributed by atoms with Crippen molar-refractivity contribution < 1.29 is 17.9 Å². The van der Waals surface area contributed by atoms with Gasteiger partial charge in [0.25, 0.3) is 0 Å². The zero-order chi connectivity index (χ0) is 22.7. The minimum Gasteiger partial charge on any atom is -0.378 e. The second-order valence-electron chi connectivity index (χ2n) is 7.86. The fourth-order valence-corrected chi connectivity index (χ4v) is 6.95. The van der Waals surface area contributed by atoms with E-state index in [1.165, 1.54) is 0 Å². The van der Waals surface area contributed by atoms with Crippen LogP contribution in [0.2, 0.25) is 0 Å². The van der Waals surface area contributed by atoms with Crippen molar-refractivity contribution in [2.24, 2.45) is 5.84 Å². The summed E-state index contributed by atoms with van der Waals surface area (Å²) in [4.78, 5) is 15.2. The fraction of sp³-hybridized carbons (Fsp3) is 0.348. The molecule has 4 rings (SSSR count). The Morgan fingerprint density at radius 2 is 1.75 bits per heavy atom. The molecule has 0 bridgehead atoms. The van der Waals surface area contributed by atoms with Crippen molar-refractivity contribution in [2.75, 3.05) is 38.6 Å². The van der Waals surface area contributed by atoms with Gasteiger partial charge in [0, 0.05) is 25.2 Å². The maximum atomic E-state index is 13.2. The van der Waals surface area contributed by atoms with Crippen molar-refractivity contribution in [3.8, 4) is 0 Å². The van der Waals surface area contributed by atoms with Gasteiger partial charge in [-0.15, -0.1) is 0 Å². The van der Waals surface area contributed by atoms with Gasteiger partial charge in [0.05, 0.1) is 29.6 Å². The lowest BCUT2D eigenvalue weighted by atomic mass is 10.0. The van der Waals surface area contributed by atoms with Crippen LogP contribution in [0.15, 0.2) is 65.1 Å². The predicted molar refractivity (Wildman–Crippen MR) is 132 cm³/mol. The average Bonchev–Trinajstić information content (AvgIpc) is 2.82. The highest BCUT2D eigenvalue weighted by molar-refractivity contribution is 14.1. The van der Waals surface area contributed by atoms with Gasteiger partial charge in [0.15, 0.2) is 9.84 Å². The SMILES string of the molecule is NN(CCc1ccccc1)C1=C(C(I)C(=O)N2CCOCC2)CS(=O)(=O)c2ccccc21. The number of alkyl halides is 1. The van der Waals surface area contributed by atoms with E-state index in [0.29, 0.717) is 56.1 Å². The molecule has 2 aliphatic rings. The van der Waals surface area contributed by atoms with E-state index in [9.17, 15) is 13.2 Å². The van der Waals surface area contributed by atoms with Gasteiger partial charge in [-0.2, -0.15) is 0 Å². The van der Waals surface area contributed by atoms with E-state index in [4.69, 9.17) is 10.6 Å². The summed E-state index contributed by atoms with van der Waals surface area (Å²) >= 11 is 2.06. The first-order valence-corrected chi connectivity index (χ1v) is 13.4. The molecule has 1 atom stereocenters. The van der Waals surface area contributed by atoms with Gasteiger partial charge in [0.2, 0.25) is 5.91 Å². The Balaban J connectivity index is 1.72. The molecule has 2 aromatic carbocycles. The maximum Gasteiger partial charge on any atom is 0.239 e. The van der Waals surface area contributed by atoms with Gasteiger partial charge < -0.3 is 14.6 Å². The minimum absolute atomic E-state index is 0.104. The Morgan fingerprint density at radius 3 is 2.47 bits per heavy atom. The summed E-state index contributed by atoms with van der Waals surface area (Å²) in [5, 5.41) is 1.61. The Bertz CT molecular complexity index is 1120. The molecule has 2 aromatic rings. The quantitative estimate of drug-likeness (QED) is 0.249. The molecule has 32 heavy (non-hydrogen) atoms. The van der Waals surface area contributed by atoms with E-state index in [-0.39, 0.29) is 16.6 Å². The van der Waals surface area contributed by atoms with Crippen LogP contribution in [0, 0.1) is 0 Å². The number of nitrogens with two attached hydrogens (primary N) is 1. The molecule has 0 aliphatic carbocycles. The van der Waals surface area contributed by atoms with E-state index in [1.54, 1.807) is 34.2 Å². The van der Waals surface area contributed by atoms with Crippen LogP contribution in [-0.4, -0.2) is 66.8 Å². The lowest BCUT2D eigenvalue weighted by molar-refractivity contribution is -0.133. The molecule has 0 saturated carbocycles. The highest BCUT2D eigenvalue weighted by atomic mass is 127. The Kier molecular flexibility index (Phi) is 7.18.